The molecule has 0 aliphatic heterocycles. The van der Waals surface area contributed by atoms with Crippen LogP contribution < -0.4 is 5.48 Å². The Morgan fingerprint density at radius 3 is 2.25 bits per heavy atom. The van der Waals surface area contributed by atoms with Crippen LogP contribution in [0.25, 0.3) is 0 Å². The summed E-state index contributed by atoms with van der Waals surface area (Å²) in [5.41, 5.74) is 0.438. The quantitative estimate of drug-likeness (QED) is 0.349. The largest absolute Gasteiger partial charge is 0.636 e. The fourth-order valence-electron chi connectivity index (χ4n) is 0.197. The average Bonchev–Trinajstić information content (AvgIpc) is 1.59. The van der Waals surface area contributed by atoms with Gasteiger partial charge in [0.1, 0.15) is 5.75 Å². The summed E-state index contributed by atoms with van der Waals surface area (Å²) in [6.07, 6.45) is 0. The van der Waals surface area contributed by atoms with Gasteiger partial charge >= 0.3 is 0 Å². The van der Waals surface area contributed by atoms with Crippen molar-refractivity contribution in [3.63, 3.8) is 0 Å². The van der Waals surface area contributed by atoms with E-state index in [2.05, 4.69) is 0 Å². The molecule has 0 aromatic heterocycles. The molecule has 0 amide bonds. The predicted octanol–water partition coefficient (Wildman–Crippen LogP) is -2.06. The third kappa shape index (κ3) is 5.83. The van der Waals surface area contributed by atoms with Gasteiger partial charge in [0, 0.05) is 0 Å². The van der Waals surface area contributed by atoms with Crippen molar-refractivity contribution in [2.45, 2.75) is 0 Å². The first kappa shape index (κ1) is 7.83. The minimum absolute atomic E-state index is 0.140. The molecule has 50 valence electrons. The van der Waals surface area contributed by atoms with Gasteiger partial charge in [0.15, 0.2) is 0 Å². The topological polar surface area (TPSA) is 94.0 Å². The van der Waals surface area contributed by atoms with E-state index in [0.29, 0.717) is 5.48 Å². The van der Waals surface area contributed by atoms with Crippen LogP contribution in [0.1, 0.15) is 0 Å². The fraction of sp³-hybridized carbons (Fsp3) is 1.00. The maximum atomic E-state index is 9.79. The maximum Gasteiger partial charge on any atom is 0.270 e. The van der Waals surface area contributed by atoms with E-state index >= 15 is 0 Å². The highest BCUT2D eigenvalue weighted by Crippen LogP contribution is 1.74. The molecule has 0 rings (SSSR count). The lowest BCUT2D eigenvalue weighted by Gasteiger charge is -1.97. The zero-order valence-electron chi connectivity index (χ0n) is 4.07. The van der Waals surface area contributed by atoms with Crippen LogP contribution in [-0.2, 0) is 10.1 Å². The lowest BCUT2D eigenvalue weighted by molar-refractivity contribution is -0.584. The SMILES string of the molecule is O=S(=O)(O)CC[NH2+][O-]. The third-order valence-corrected chi connectivity index (χ3v) is 1.25. The maximum absolute atomic E-state index is 9.79. The Labute approximate surface area is 47.0 Å². The summed E-state index contributed by atoms with van der Waals surface area (Å²) >= 11 is 0. The van der Waals surface area contributed by atoms with Crippen molar-refractivity contribution in [3.8, 4) is 0 Å². The predicted molar refractivity (Wildman–Crippen MR) is 26.6 cm³/mol. The molecule has 0 aromatic carbocycles. The van der Waals surface area contributed by atoms with E-state index in [1.54, 1.807) is 0 Å². The molecule has 0 fully saturated rings. The molecule has 0 aliphatic rings. The lowest BCUT2D eigenvalue weighted by atomic mass is 10.8. The van der Waals surface area contributed by atoms with Crippen LogP contribution in [0.5, 0.6) is 0 Å². The Hall–Kier alpha value is -0.170. The van der Waals surface area contributed by atoms with Crippen LogP contribution in [0.3, 0.4) is 0 Å². The first-order valence-electron chi connectivity index (χ1n) is 1.95. The van der Waals surface area contributed by atoms with Crippen LogP contribution in [-0.4, -0.2) is 25.3 Å². The van der Waals surface area contributed by atoms with Gasteiger partial charge in [-0.2, -0.15) is 8.42 Å². The van der Waals surface area contributed by atoms with Crippen molar-refractivity contribution in [2.75, 3.05) is 12.3 Å². The number of hydrogen-bond donors (Lipinski definition) is 2. The molecule has 0 atom stereocenters. The molecule has 0 aliphatic carbocycles. The van der Waals surface area contributed by atoms with E-state index in [1.807, 2.05) is 0 Å². The summed E-state index contributed by atoms with van der Waals surface area (Å²) in [6.45, 7) is -0.140. The van der Waals surface area contributed by atoms with Crippen molar-refractivity contribution >= 4 is 10.1 Å². The van der Waals surface area contributed by atoms with E-state index in [4.69, 9.17) is 4.55 Å². The molecule has 0 radical (unpaired) electrons. The zero-order valence-corrected chi connectivity index (χ0v) is 4.89. The van der Waals surface area contributed by atoms with Crippen LogP contribution in [0.4, 0.5) is 0 Å². The third-order valence-electron chi connectivity index (χ3n) is 0.494. The minimum Gasteiger partial charge on any atom is -0.636 e. The van der Waals surface area contributed by atoms with Crippen molar-refractivity contribution in [2.24, 2.45) is 0 Å². The van der Waals surface area contributed by atoms with Crippen LogP contribution >= 0.6 is 0 Å². The van der Waals surface area contributed by atoms with Gasteiger partial charge in [-0.05, 0) is 0 Å². The van der Waals surface area contributed by atoms with Crippen LogP contribution in [0.2, 0.25) is 0 Å². The molecule has 0 saturated heterocycles. The monoisotopic (exact) mass is 141 g/mol. The summed E-state index contributed by atoms with van der Waals surface area (Å²) in [4.78, 5) is 0. The van der Waals surface area contributed by atoms with Crippen LogP contribution in [0.15, 0.2) is 0 Å². The number of nitrogens with two attached hydrogens (primary N) is 1. The number of hydrogen-bond acceptors (Lipinski definition) is 3. The molecule has 6 heteroatoms. The summed E-state index contributed by atoms with van der Waals surface area (Å²) in [5, 5.41) is 9.48. The number of hydroxylamine groups is 1. The highest BCUT2D eigenvalue weighted by molar-refractivity contribution is 7.85. The van der Waals surface area contributed by atoms with E-state index in [9.17, 15) is 13.6 Å². The Morgan fingerprint density at radius 1 is 1.62 bits per heavy atom. The summed E-state index contributed by atoms with van der Waals surface area (Å²) in [7, 11) is -3.92. The minimum atomic E-state index is -3.92. The van der Waals surface area contributed by atoms with Gasteiger partial charge in [-0.15, -0.1) is 0 Å². The molecule has 0 spiro atoms. The highest BCUT2D eigenvalue weighted by Gasteiger charge is 2.01. The molecular weight excluding hydrogens is 134 g/mol. The van der Waals surface area contributed by atoms with Gasteiger partial charge in [0.25, 0.3) is 10.1 Å². The Balaban J connectivity index is 3.42. The molecule has 0 heterocycles. The van der Waals surface area contributed by atoms with E-state index < -0.39 is 15.9 Å². The lowest BCUT2D eigenvalue weighted by Crippen LogP contribution is -2.78. The Morgan fingerprint density at radius 2 is 2.12 bits per heavy atom. The molecule has 3 N–H and O–H groups in total. The zero-order chi connectivity index (χ0) is 6.62. The molecular formula is C2H7NO4S. The van der Waals surface area contributed by atoms with Crippen molar-refractivity contribution in [3.05, 3.63) is 5.21 Å². The summed E-state index contributed by atoms with van der Waals surface area (Å²) in [5.74, 6) is -0.476. The molecule has 0 unspecified atom stereocenters. The Bertz CT molecular complexity index is 138. The average molecular weight is 141 g/mol. The van der Waals surface area contributed by atoms with Crippen LogP contribution in [0, 0.1) is 5.21 Å². The van der Waals surface area contributed by atoms with E-state index in [1.165, 1.54) is 0 Å². The first-order valence-corrected chi connectivity index (χ1v) is 3.56. The van der Waals surface area contributed by atoms with E-state index in [-0.39, 0.29) is 6.54 Å². The number of rotatable bonds is 3. The molecule has 0 saturated carbocycles. The normalized spacial score (nSPS) is 11.8. The van der Waals surface area contributed by atoms with Gasteiger partial charge in [0.2, 0.25) is 0 Å². The number of quaternary nitrogens is 1. The smallest absolute Gasteiger partial charge is 0.270 e. The fourth-order valence-corrected chi connectivity index (χ4v) is 0.591. The first-order chi connectivity index (χ1) is 3.56. The van der Waals surface area contributed by atoms with E-state index in [0.717, 1.165) is 0 Å². The van der Waals surface area contributed by atoms with Gasteiger partial charge in [-0.3, -0.25) is 4.55 Å². The van der Waals surface area contributed by atoms with Gasteiger partial charge in [0.05, 0.1) is 6.54 Å². The molecule has 0 aromatic rings. The van der Waals surface area contributed by atoms with Crippen molar-refractivity contribution in [1.82, 2.24) is 0 Å². The second kappa shape index (κ2) is 2.98. The van der Waals surface area contributed by atoms with Crippen molar-refractivity contribution < 1.29 is 18.5 Å². The second-order valence-electron chi connectivity index (χ2n) is 1.24. The van der Waals surface area contributed by atoms with Gasteiger partial charge in [-0.25, -0.2) is 0 Å². The second-order valence-corrected chi connectivity index (χ2v) is 2.81. The van der Waals surface area contributed by atoms with Crippen molar-refractivity contribution in [1.29, 1.82) is 0 Å². The van der Waals surface area contributed by atoms with Gasteiger partial charge < -0.3 is 10.7 Å². The standard InChI is InChI=1S/C2H7NO4S/c4-3-1-2-8(5,6)7/h1-3H2,(H,5,6,7). The highest BCUT2D eigenvalue weighted by atomic mass is 32.2. The summed E-state index contributed by atoms with van der Waals surface area (Å²) < 4.78 is 27.5. The molecule has 5 nitrogen and oxygen atoms in total. The van der Waals surface area contributed by atoms with Gasteiger partial charge in [-0.1, -0.05) is 0 Å². The molecule has 8 heavy (non-hydrogen) atoms. The summed E-state index contributed by atoms with van der Waals surface area (Å²) in [6, 6.07) is 0. The Kier molecular flexibility index (Phi) is 2.91. The molecule has 0 bridgehead atoms.